The van der Waals surface area contributed by atoms with E-state index in [1.54, 1.807) is 0 Å². The van der Waals surface area contributed by atoms with Crippen molar-refractivity contribution >= 4 is 92.2 Å². The molecule has 0 fully saturated rings. The molecule has 0 spiro atoms. The minimum absolute atomic E-state index is 0.108. The first-order valence-electron chi connectivity index (χ1n) is 19.4. The highest BCUT2D eigenvalue weighted by molar-refractivity contribution is 6.73. The fraction of sp³-hybridized carbons (Fsp3) is 0.0588. The van der Waals surface area contributed by atoms with E-state index in [0.29, 0.717) is 0 Å². The third kappa shape index (κ3) is 4.20. The van der Waals surface area contributed by atoms with E-state index in [4.69, 9.17) is 7.85 Å². The molecule has 5 heteroatoms. The summed E-state index contributed by atoms with van der Waals surface area (Å²) in [5.41, 5.74) is 18.4. The summed E-state index contributed by atoms with van der Waals surface area (Å²) in [6.45, 7) is 4.67. The summed E-state index contributed by atoms with van der Waals surface area (Å²) in [7, 11) is 9.29. The van der Waals surface area contributed by atoms with Crippen LogP contribution < -0.4 is 21.3 Å². The minimum Gasteiger partial charge on any atom is -0.310 e. The van der Waals surface area contributed by atoms with Gasteiger partial charge in [0.05, 0.1) is 22.4 Å². The van der Waals surface area contributed by atoms with Crippen molar-refractivity contribution in [1.29, 1.82) is 0 Å². The highest BCUT2D eigenvalue weighted by atomic mass is 15.2. The Morgan fingerprint density at radius 2 is 0.982 bits per heavy atom. The van der Waals surface area contributed by atoms with Crippen LogP contribution in [0.3, 0.4) is 0 Å². The van der Waals surface area contributed by atoms with Crippen molar-refractivity contribution in [3.63, 3.8) is 0 Å². The van der Waals surface area contributed by atoms with Gasteiger partial charge in [-0.1, -0.05) is 146 Å². The number of anilines is 3. The molecule has 0 atom stereocenters. The number of para-hydroxylation sites is 6. The monoisotopic (exact) mass is 710 g/mol. The maximum atomic E-state index is 6.91. The van der Waals surface area contributed by atoms with Gasteiger partial charge in [-0.3, -0.25) is 0 Å². The van der Waals surface area contributed by atoms with Crippen LogP contribution in [0.4, 0.5) is 17.1 Å². The lowest BCUT2D eigenvalue weighted by Gasteiger charge is -2.42. The van der Waals surface area contributed by atoms with E-state index in [9.17, 15) is 0 Å². The zero-order chi connectivity index (χ0) is 37.3. The first-order chi connectivity index (χ1) is 27.5. The van der Waals surface area contributed by atoms with Crippen LogP contribution in [0.5, 0.6) is 0 Å². The largest absolute Gasteiger partial charge is 0.310 e. The van der Waals surface area contributed by atoms with Crippen LogP contribution in [0.2, 0.25) is 0 Å². The lowest BCUT2D eigenvalue weighted by molar-refractivity contribution is 0.632. The first kappa shape index (κ1) is 31.6. The lowest BCUT2D eigenvalue weighted by Crippen LogP contribution is -2.38. The summed E-state index contributed by atoms with van der Waals surface area (Å²) >= 11 is 0. The molecule has 56 heavy (non-hydrogen) atoms. The maximum absolute atomic E-state index is 6.91. The number of fused-ring (bicyclic) bond motifs is 10. The Morgan fingerprint density at radius 1 is 0.464 bits per heavy atom. The Kier molecular flexibility index (Phi) is 6.44. The van der Waals surface area contributed by atoms with Crippen molar-refractivity contribution < 1.29 is 0 Å². The van der Waals surface area contributed by atoms with Crippen molar-refractivity contribution in [2.75, 3.05) is 4.90 Å². The van der Waals surface area contributed by atoms with Gasteiger partial charge in [-0.15, -0.1) is 0 Å². The molecule has 0 aliphatic carbocycles. The number of hydrogen-bond acceptors (Lipinski definition) is 1. The summed E-state index contributed by atoms with van der Waals surface area (Å²) in [5, 5.41) is 4.86. The highest BCUT2D eigenvalue weighted by Gasteiger charge is 2.36. The summed E-state index contributed by atoms with van der Waals surface area (Å²) in [6, 6.07) is 62.0. The van der Waals surface area contributed by atoms with Gasteiger partial charge in [-0.05, 0) is 76.2 Å². The summed E-state index contributed by atoms with van der Waals surface area (Å²) in [6.07, 6.45) is 0. The van der Waals surface area contributed by atoms with Crippen molar-refractivity contribution in [3.05, 3.63) is 181 Å². The molecule has 10 aromatic rings. The molecule has 12 rings (SSSR count). The van der Waals surface area contributed by atoms with Gasteiger partial charge >= 0.3 is 0 Å². The van der Waals surface area contributed by atoms with Crippen molar-refractivity contribution in [2.45, 2.75) is 19.3 Å². The predicted octanol–water partition coefficient (Wildman–Crippen LogP) is 10.4. The van der Waals surface area contributed by atoms with Gasteiger partial charge in [-0.2, -0.15) is 0 Å². The summed E-state index contributed by atoms with van der Waals surface area (Å²) in [4.78, 5) is 2.42. The average molecular weight is 710 g/mol. The molecule has 3 nitrogen and oxygen atoms in total. The Labute approximate surface area is 327 Å². The van der Waals surface area contributed by atoms with Gasteiger partial charge in [0, 0.05) is 55.1 Å². The van der Waals surface area contributed by atoms with E-state index in [0.717, 1.165) is 50.1 Å². The molecule has 0 saturated carbocycles. The molecule has 2 aliphatic heterocycles. The molecule has 0 bridgehead atoms. The Morgan fingerprint density at radius 3 is 1.62 bits per heavy atom. The fourth-order valence-corrected chi connectivity index (χ4v) is 9.92. The molecule has 0 N–H and O–H groups in total. The molecule has 8 aromatic carbocycles. The van der Waals surface area contributed by atoms with Gasteiger partial charge in [0.15, 0.2) is 7.28 Å². The van der Waals surface area contributed by atoms with Crippen molar-refractivity contribution in [1.82, 2.24) is 9.13 Å². The fourth-order valence-electron chi connectivity index (χ4n) is 9.92. The van der Waals surface area contributed by atoms with Crippen LogP contribution in [0.1, 0.15) is 25.0 Å². The smallest absolute Gasteiger partial charge is 0.199 e. The van der Waals surface area contributed by atoms with E-state index >= 15 is 0 Å². The Hall–Kier alpha value is -6.71. The zero-order valence-corrected chi connectivity index (χ0v) is 31.2. The second kappa shape index (κ2) is 11.4. The molecule has 259 valence electrons. The highest BCUT2D eigenvalue weighted by Crippen LogP contribution is 2.51. The third-order valence-corrected chi connectivity index (χ3v) is 12.5. The summed E-state index contributed by atoms with van der Waals surface area (Å²) in [5.74, 6) is 0. The molecule has 4 heterocycles. The van der Waals surface area contributed by atoms with E-state index < -0.39 is 0 Å². The number of rotatable bonds is 3. The number of aromatic nitrogens is 2. The van der Waals surface area contributed by atoms with E-state index in [2.05, 4.69) is 199 Å². The van der Waals surface area contributed by atoms with Gasteiger partial charge in [-0.25, -0.2) is 0 Å². The molecular weight excluding hydrogens is 676 g/mol. The van der Waals surface area contributed by atoms with Crippen LogP contribution in [0.15, 0.2) is 170 Å². The minimum atomic E-state index is -0.108. The lowest BCUT2D eigenvalue weighted by atomic mass is 9.60. The van der Waals surface area contributed by atoms with E-state index in [-0.39, 0.29) is 5.41 Å². The van der Waals surface area contributed by atoms with Crippen molar-refractivity contribution in [2.24, 2.45) is 0 Å². The molecule has 0 amide bonds. The van der Waals surface area contributed by atoms with Crippen molar-refractivity contribution in [3.8, 4) is 22.5 Å². The number of nitrogens with zero attached hydrogens (tertiary/aromatic N) is 3. The topological polar surface area (TPSA) is 13.1 Å². The SMILES string of the molecule is [B]c1cccc2c3ccccc3n(-c3cc(-c4ccc(N5c6ccccc6C(C)(C)c6ccccc65)cc4)cc4c3[B]c3cccc5c6ccccc6n-4c35)c12. The average Bonchev–Trinajstić information content (AvgIpc) is 3.76. The molecule has 3 radical (unpaired) electrons. The van der Waals surface area contributed by atoms with Crippen LogP contribution in [0, 0.1) is 0 Å². The van der Waals surface area contributed by atoms with E-state index in [1.807, 2.05) is 6.07 Å². The number of benzene rings is 8. The Balaban J connectivity index is 1.12. The Bertz CT molecular complexity index is 3230. The zero-order valence-electron chi connectivity index (χ0n) is 31.2. The molecule has 0 saturated heterocycles. The van der Waals surface area contributed by atoms with Gasteiger partial charge in [0.2, 0.25) is 0 Å². The van der Waals surface area contributed by atoms with Crippen LogP contribution in [-0.2, 0) is 5.41 Å². The van der Waals surface area contributed by atoms with Gasteiger partial charge in [0.25, 0.3) is 0 Å². The maximum Gasteiger partial charge on any atom is 0.199 e. The predicted molar refractivity (Wildman–Crippen MR) is 238 cm³/mol. The summed E-state index contributed by atoms with van der Waals surface area (Å²) < 4.78 is 4.88. The van der Waals surface area contributed by atoms with Crippen LogP contribution in [-0.4, -0.2) is 24.3 Å². The van der Waals surface area contributed by atoms with Crippen LogP contribution in [0.25, 0.3) is 66.1 Å². The molecule has 2 aromatic heterocycles. The van der Waals surface area contributed by atoms with Gasteiger partial charge < -0.3 is 14.0 Å². The number of hydrogen-bond donors (Lipinski definition) is 0. The molecule has 0 unspecified atom stereocenters. The normalized spacial score (nSPS) is 13.9. The first-order valence-corrected chi connectivity index (χ1v) is 19.4. The van der Waals surface area contributed by atoms with Crippen LogP contribution >= 0.6 is 0 Å². The second-order valence-corrected chi connectivity index (χ2v) is 15.8. The second-order valence-electron chi connectivity index (χ2n) is 15.8. The third-order valence-electron chi connectivity index (χ3n) is 12.5. The quantitative estimate of drug-likeness (QED) is 0.167. The molecular formula is C51H34B2N3. The standard InChI is InChI=1S/C51H34B2N3/c1-51(2)38-17-5-9-23-44(38)54(45-24-10-6-18-39(45)51)33-27-25-31(26-28-33)32-29-46(55-42-21-7-3-13-34(42)36-15-11-19-40(52)49(36)55)48-47(30-32)56-43-22-8-4-14-35(43)37-16-12-20-41(53-48)50(37)56/h3-30H,1-2H3. The molecule has 2 aliphatic rings. The van der Waals surface area contributed by atoms with E-state index in [1.165, 1.54) is 60.6 Å². The van der Waals surface area contributed by atoms with Gasteiger partial charge in [0.1, 0.15) is 7.85 Å².